The third-order valence-corrected chi connectivity index (χ3v) is 7.62. The van der Waals surface area contributed by atoms with Crippen LogP contribution in [0, 0.1) is 0 Å². The highest BCUT2D eigenvalue weighted by Crippen LogP contribution is 2.25. The summed E-state index contributed by atoms with van der Waals surface area (Å²) in [5.74, 6) is -2.29. The van der Waals surface area contributed by atoms with Crippen molar-refractivity contribution in [1.29, 1.82) is 0 Å². The van der Waals surface area contributed by atoms with Crippen LogP contribution in [0.2, 0.25) is 5.02 Å². The zero-order valence-corrected chi connectivity index (χ0v) is 22.2. The first-order valence-electron chi connectivity index (χ1n) is 11.9. The van der Waals surface area contributed by atoms with Crippen LogP contribution >= 0.6 is 22.9 Å². The number of likely N-dealkylation sites (N-methyl/N-ethyl adjacent to an activating group) is 1. The zero-order valence-electron chi connectivity index (χ0n) is 20.6. The molecule has 13 heteroatoms. The number of thiazole rings is 1. The van der Waals surface area contributed by atoms with Gasteiger partial charge in [0.1, 0.15) is 6.61 Å². The molecule has 0 unspecified atom stereocenters. The monoisotopic (exact) mass is 548 g/mol. The third-order valence-electron chi connectivity index (χ3n) is 6.29. The van der Waals surface area contributed by atoms with Crippen LogP contribution in [0.4, 0.5) is 5.69 Å². The van der Waals surface area contributed by atoms with Crippen molar-refractivity contribution in [2.75, 3.05) is 45.7 Å². The number of anilines is 1. The van der Waals surface area contributed by atoms with Gasteiger partial charge in [-0.05, 0) is 37.7 Å². The number of ether oxygens (including phenoxy) is 1. The number of carbonyl (C=O) groups is 4. The van der Waals surface area contributed by atoms with Crippen molar-refractivity contribution in [2.45, 2.75) is 31.5 Å². The van der Waals surface area contributed by atoms with Crippen molar-refractivity contribution in [3.8, 4) is 0 Å². The number of nitrogens with one attached hydrogen (secondary N) is 3. The second-order valence-electron chi connectivity index (χ2n) is 9.06. The van der Waals surface area contributed by atoms with Crippen LogP contribution in [0.1, 0.15) is 26.8 Å². The van der Waals surface area contributed by atoms with Gasteiger partial charge in [0.15, 0.2) is 5.01 Å². The Labute approximate surface area is 223 Å². The van der Waals surface area contributed by atoms with Crippen molar-refractivity contribution in [2.24, 2.45) is 0 Å². The average Bonchev–Trinajstić information content (AvgIpc) is 3.30. The Kier molecular flexibility index (Phi) is 8.75. The second kappa shape index (κ2) is 12.0. The minimum Gasteiger partial charge on any atom is -0.375 e. The molecule has 4 amide bonds. The summed E-state index contributed by atoms with van der Waals surface area (Å²) in [5.41, 5.74) is 1.35. The molecule has 11 nitrogen and oxygen atoms in total. The van der Waals surface area contributed by atoms with E-state index in [9.17, 15) is 19.2 Å². The fraction of sp³-hybridized carbons (Fsp3) is 0.458. The number of carbonyl (C=O) groups excluding carboxylic acids is 4. The first kappa shape index (κ1) is 27.0. The van der Waals surface area contributed by atoms with Crippen molar-refractivity contribution >= 4 is 52.3 Å². The number of nitrogens with zero attached hydrogens (tertiary/aromatic N) is 3. The second-order valence-corrected chi connectivity index (χ2v) is 10.6. The summed E-state index contributed by atoms with van der Waals surface area (Å²) in [4.78, 5) is 60.1. The number of amides is 4. The molecule has 3 heterocycles. The minimum atomic E-state index is -0.845. The highest BCUT2D eigenvalue weighted by molar-refractivity contribution is 7.13. The lowest BCUT2D eigenvalue weighted by molar-refractivity contribution is -0.138. The molecular formula is C24H29ClN6O5S. The number of benzene rings is 1. The largest absolute Gasteiger partial charge is 0.375 e. The summed E-state index contributed by atoms with van der Waals surface area (Å²) in [5, 5.41) is 9.02. The third kappa shape index (κ3) is 6.83. The molecular weight excluding hydrogens is 520 g/mol. The molecule has 37 heavy (non-hydrogen) atoms. The van der Waals surface area contributed by atoms with E-state index in [-0.39, 0.29) is 25.0 Å². The van der Waals surface area contributed by atoms with Crippen molar-refractivity contribution < 1.29 is 23.9 Å². The summed E-state index contributed by atoms with van der Waals surface area (Å²) >= 11 is 7.21. The van der Waals surface area contributed by atoms with E-state index in [0.717, 1.165) is 30.1 Å². The predicted molar refractivity (Wildman–Crippen MR) is 138 cm³/mol. The molecule has 1 aromatic carbocycles. The molecule has 2 atom stereocenters. The lowest BCUT2D eigenvalue weighted by Gasteiger charge is -2.39. The van der Waals surface area contributed by atoms with Gasteiger partial charge in [-0.1, -0.05) is 11.6 Å². The number of hydrogen-bond acceptors (Lipinski definition) is 8. The van der Waals surface area contributed by atoms with Gasteiger partial charge in [-0.2, -0.15) is 0 Å². The van der Waals surface area contributed by atoms with E-state index in [4.69, 9.17) is 16.3 Å². The Hall–Kier alpha value is -3.06. The molecule has 3 N–H and O–H groups in total. The smallest absolute Gasteiger partial charge is 0.313 e. The number of fused-ring (bicyclic) bond motifs is 1. The van der Waals surface area contributed by atoms with Crippen LogP contribution in [-0.4, -0.2) is 90.9 Å². The summed E-state index contributed by atoms with van der Waals surface area (Å²) < 4.78 is 4.96. The lowest BCUT2D eigenvalue weighted by Crippen LogP contribution is -2.62. The average molecular weight is 549 g/mol. The van der Waals surface area contributed by atoms with Crippen LogP contribution in [0.15, 0.2) is 24.3 Å². The van der Waals surface area contributed by atoms with Crippen LogP contribution in [0.25, 0.3) is 0 Å². The van der Waals surface area contributed by atoms with E-state index in [1.165, 1.54) is 18.4 Å². The van der Waals surface area contributed by atoms with Gasteiger partial charge in [0, 0.05) is 55.3 Å². The summed E-state index contributed by atoms with van der Waals surface area (Å²) in [6.07, 6.45) is 1.12. The number of hydrogen-bond donors (Lipinski definition) is 3. The van der Waals surface area contributed by atoms with E-state index in [1.54, 1.807) is 29.2 Å². The Bertz CT molecular complexity index is 1170. The molecule has 2 aliphatic rings. The normalized spacial score (nSPS) is 19.6. The van der Waals surface area contributed by atoms with Gasteiger partial charge < -0.3 is 30.5 Å². The van der Waals surface area contributed by atoms with E-state index < -0.39 is 23.9 Å². The maximum absolute atomic E-state index is 13.1. The minimum absolute atomic E-state index is 0.0894. The number of aromatic nitrogens is 1. The fourth-order valence-electron chi connectivity index (χ4n) is 4.32. The molecule has 1 saturated heterocycles. The van der Waals surface area contributed by atoms with Crippen molar-refractivity contribution in [3.05, 3.63) is 44.9 Å². The van der Waals surface area contributed by atoms with E-state index >= 15 is 0 Å². The summed E-state index contributed by atoms with van der Waals surface area (Å²) in [6, 6.07) is 5.17. The molecule has 1 fully saturated rings. The van der Waals surface area contributed by atoms with Gasteiger partial charge in [-0.15, -0.1) is 11.3 Å². The summed E-state index contributed by atoms with van der Waals surface area (Å²) in [6.45, 7) is 2.03. The fourth-order valence-corrected chi connectivity index (χ4v) is 5.54. The maximum atomic E-state index is 13.1. The maximum Gasteiger partial charge on any atom is 0.313 e. The highest BCUT2D eigenvalue weighted by atomic mass is 35.5. The van der Waals surface area contributed by atoms with E-state index in [1.807, 2.05) is 7.05 Å². The number of halogens is 1. The molecule has 2 aromatic rings. The Balaban J connectivity index is 1.44. The number of piperidine rings is 1. The van der Waals surface area contributed by atoms with Crippen molar-refractivity contribution in [3.63, 3.8) is 0 Å². The van der Waals surface area contributed by atoms with E-state index in [2.05, 4.69) is 25.8 Å². The zero-order chi connectivity index (χ0) is 26.5. The Morgan fingerprint density at radius 1 is 1.11 bits per heavy atom. The first-order valence-corrected chi connectivity index (χ1v) is 13.0. The molecule has 0 aliphatic carbocycles. The van der Waals surface area contributed by atoms with Gasteiger partial charge in [0.05, 0.1) is 17.8 Å². The van der Waals surface area contributed by atoms with Gasteiger partial charge >= 0.3 is 11.8 Å². The molecule has 1 aromatic heterocycles. The molecule has 0 bridgehead atoms. The van der Waals surface area contributed by atoms with Crippen LogP contribution in [-0.2, 0) is 32.1 Å². The van der Waals surface area contributed by atoms with Gasteiger partial charge in [0.2, 0.25) is 5.91 Å². The Morgan fingerprint density at radius 3 is 2.59 bits per heavy atom. The van der Waals surface area contributed by atoms with Gasteiger partial charge in [0.25, 0.3) is 5.91 Å². The van der Waals surface area contributed by atoms with Crippen LogP contribution in [0.5, 0.6) is 0 Å². The van der Waals surface area contributed by atoms with Gasteiger partial charge in [-0.25, -0.2) is 4.98 Å². The highest BCUT2D eigenvalue weighted by Gasteiger charge is 2.35. The number of rotatable bonds is 6. The first-order chi connectivity index (χ1) is 17.7. The SMILES string of the molecule is COCC(=O)N1CC[C@H](NC(=O)C(=O)Nc2ccc(Cl)cc2)[C@H](NC(=O)c2nc3c(s2)CN(C)CC3)C1. The molecule has 0 radical (unpaired) electrons. The molecule has 4 rings (SSSR count). The quantitative estimate of drug-likeness (QED) is 0.456. The molecule has 198 valence electrons. The van der Waals surface area contributed by atoms with Crippen LogP contribution in [0.3, 0.4) is 0 Å². The molecule has 0 spiro atoms. The standard InChI is InChI=1S/C24H29ClN6O5S/c1-30-9-7-17-19(12-30)37-24(29-17)23(35)28-18-11-31(20(32)13-36-2)10-8-16(18)27-22(34)21(33)26-15-5-3-14(25)4-6-15/h3-6,16,18H,7-13H2,1-2H3,(H,26,33)(H,27,34)(H,28,35)/t16-,18+/m0/s1. The summed E-state index contributed by atoms with van der Waals surface area (Å²) in [7, 11) is 3.46. The number of likely N-dealkylation sites (tertiary alicyclic amines) is 1. The van der Waals surface area contributed by atoms with Gasteiger partial charge in [-0.3, -0.25) is 19.2 Å². The topological polar surface area (TPSA) is 133 Å². The molecule has 2 aliphatic heterocycles. The predicted octanol–water partition coefficient (Wildman–Crippen LogP) is 0.885. The molecule has 0 saturated carbocycles. The van der Waals surface area contributed by atoms with E-state index in [0.29, 0.717) is 28.7 Å². The van der Waals surface area contributed by atoms with Crippen LogP contribution < -0.4 is 16.0 Å². The van der Waals surface area contributed by atoms with Crippen molar-refractivity contribution in [1.82, 2.24) is 25.4 Å². The number of methoxy groups -OCH3 is 1. The Morgan fingerprint density at radius 2 is 1.86 bits per heavy atom. The lowest BCUT2D eigenvalue weighted by atomic mass is 9.98.